The Labute approximate surface area is 88.6 Å². The van der Waals surface area contributed by atoms with E-state index in [1.54, 1.807) is 17.7 Å². The lowest BCUT2D eigenvalue weighted by molar-refractivity contribution is 0.177. The molecule has 7 nitrogen and oxygen atoms in total. The van der Waals surface area contributed by atoms with E-state index in [9.17, 15) is 13.2 Å². The van der Waals surface area contributed by atoms with Gasteiger partial charge >= 0.3 is 16.3 Å². The van der Waals surface area contributed by atoms with Gasteiger partial charge in [-0.3, -0.25) is 0 Å². The molecular formula is C7H13N3O4S. The number of carbonyl (C=O) groups excluding carboxylic acids is 1. The minimum absolute atomic E-state index is 0.269. The third-order valence-corrected chi connectivity index (χ3v) is 2.87. The number of amides is 1. The summed E-state index contributed by atoms with van der Waals surface area (Å²) in [7, 11) is -3.04. The van der Waals surface area contributed by atoms with Crippen LogP contribution in [-0.2, 0) is 14.9 Å². The molecule has 0 aromatic heterocycles. The molecule has 1 unspecified atom stereocenters. The van der Waals surface area contributed by atoms with Crippen molar-refractivity contribution in [2.45, 2.75) is 25.8 Å². The van der Waals surface area contributed by atoms with Gasteiger partial charge in [-0.15, -0.1) is 0 Å². The lowest BCUT2D eigenvalue weighted by atomic mass is 10.0. The second kappa shape index (κ2) is 4.95. The van der Waals surface area contributed by atoms with E-state index >= 15 is 0 Å². The van der Waals surface area contributed by atoms with E-state index in [1.165, 1.54) is 6.92 Å². The van der Waals surface area contributed by atoms with Gasteiger partial charge in [0, 0.05) is 0 Å². The Balaban J connectivity index is 4.66. The van der Waals surface area contributed by atoms with Gasteiger partial charge in [0.25, 0.3) is 0 Å². The smallest absolute Gasteiger partial charge is 0.421 e. The number of methoxy groups -OCH3 is 1. The van der Waals surface area contributed by atoms with Crippen LogP contribution in [0.1, 0.15) is 20.3 Å². The van der Waals surface area contributed by atoms with Gasteiger partial charge in [0.1, 0.15) is 5.54 Å². The van der Waals surface area contributed by atoms with Crippen LogP contribution in [0.4, 0.5) is 4.79 Å². The first-order valence-corrected chi connectivity index (χ1v) is 5.58. The first-order valence-electron chi connectivity index (χ1n) is 4.09. The molecule has 0 aromatic carbocycles. The first kappa shape index (κ1) is 13.7. The maximum atomic E-state index is 11.3. The summed E-state index contributed by atoms with van der Waals surface area (Å²) in [5.74, 6) is 0. The average molecular weight is 235 g/mol. The van der Waals surface area contributed by atoms with Crippen LogP contribution in [0.3, 0.4) is 0 Å². The molecule has 0 aliphatic carbocycles. The maximum Gasteiger partial charge on any atom is 0.421 e. The predicted molar refractivity (Wildman–Crippen MR) is 51.9 cm³/mol. The third kappa shape index (κ3) is 4.62. The number of hydrogen-bond donors (Lipinski definition) is 2. The molecule has 1 amide bonds. The molecule has 0 saturated carbocycles. The summed E-state index contributed by atoms with van der Waals surface area (Å²) in [5.41, 5.74) is -1.25. The number of nitrogens with zero attached hydrogens (tertiary/aromatic N) is 1. The van der Waals surface area contributed by atoms with Crippen molar-refractivity contribution in [3.63, 3.8) is 0 Å². The van der Waals surface area contributed by atoms with Crippen molar-refractivity contribution in [1.82, 2.24) is 9.44 Å². The lowest BCUT2D eigenvalue weighted by Gasteiger charge is -2.20. The van der Waals surface area contributed by atoms with Crippen molar-refractivity contribution in [2.24, 2.45) is 0 Å². The molecule has 2 N–H and O–H groups in total. The summed E-state index contributed by atoms with van der Waals surface area (Å²) >= 11 is 0. The van der Waals surface area contributed by atoms with Gasteiger partial charge in [-0.2, -0.15) is 18.4 Å². The fraction of sp³-hybridized carbons (Fsp3) is 0.714. The van der Waals surface area contributed by atoms with Crippen LogP contribution < -0.4 is 9.44 Å². The molecule has 0 rings (SSSR count). The molecule has 1 atom stereocenters. The Bertz CT molecular complexity index is 372. The van der Waals surface area contributed by atoms with Crippen LogP contribution in [0.2, 0.25) is 0 Å². The summed E-state index contributed by atoms with van der Waals surface area (Å²) in [5, 5.41) is 8.72. The Kier molecular flexibility index (Phi) is 4.51. The molecule has 0 aliphatic heterocycles. The number of nitriles is 1. The van der Waals surface area contributed by atoms with Crippen LogP contribution >= 0.6 is 0 Å². The van der Waals surface area contributed by atoms with Crippen LogP contribution in [0.25, 0.3) is 0 Å². The monoisotopic (exact) mass is 235 g/mol. The van der Waals surface area contributed by atoms with Crippen LogP contribution in [0.15, 0.2) is 0 Å². The summed E-state index contributed by atoms with van der Waals surface area (Å²) < 4.78 is 30.2. The Hall–Kier alpha value is -1.33. The molecular weight excluding hydrogens is 222 g/mol. The van der Waals surface area contributed by atoms with E-state index < -0.39 is 21.8 Å². The molecule has 0 aliphatic rings. The van der Waals surface area contributed by atoms with E-state index in [0.717, 1.165) is 7.11 Å². The topological polar surface area (TPSA) is 108 Å². The number of nitrogens with one attached hydrogen (secondary N) is 2. The molecule has 0 heterocycles. The van der Waals surface area contributed by atoms with Crippen LogP contribution in [0.5, 0.6) is 0 Å². The van der Waals surface area contributed by atoms with Gasteiger partial charge < -0.3 is 4.74 Å². The van der Waals surface area contributed by atoms with E-state index in [1.807, 2.05) is 4.72 Å². The Morgan fingerprint density at radius 3 is 2.47 bits per heavy atom. The molecule has 15 heavy (non-hydrogen) atoms. The maximum absolute atomic E-state index is 11.3. The van der Waals surface area contributed by atoms with Gasteiger partial charge in [0.15, 0.2) is 0 Å². The van der Waals surface area contributed by atoms with Crippen LogP contribution in [0, 0.1) is 11.3 Å². The summed E-state index contributed by atoms with van der Waals surface area (Å²) in [6, 6.07) is 1.79. The highest BCUT2D eigenvalue weighted by atomic mass is 32.2. The quantitative estimate of drug-likeness (QED) is 0.705. The van der Waals surface area contributed by atoms with Crippen molar-refractivity contribution in [2.75, 3.05) is 7.11 Å². The van der Waals surface area contributed by atoms with E-state index in [4.69, 9.17) is 5.26 Å². The first-order chi connectivity index (χ1) is 6.78. The average Bonchev–Trinajstić information content (AvgIpc) is 2.16. The van der Waals surface area contributed by atoms with Crippen molar-refractivity contribution in [1.29, 1.82) is 5.26 Å². The summed E-state index contributed by atoms with van der Waals surface area (Å²) in [6.45, 7) is 3.05. The number of rotatable bonds is 4. The third-order valence-electron chi connectivity index (χ3n) is 1.72. The molecule has 0 radical (unpaired) electrons. The second-order valence-corrected chi connectivity index (χ2v) is 4.41. The number of ether oxygens (including phenoxy) is 1. The van der Waals surface area contributed by atoms with Crippen molar-refractivity contribution in [3.8, 4) is 6.07 Å². The molecule has 0 aromatic rings. The molecule has 0 spiro atoms. The predicted octanol–water partition coefficient (Wildman–Crippen LogP) is -0.131. The fourth-order valence-corrected chi connectivity index (χ4v) is 1.78. The van der Waals surface area contributed by atoms with Gasteiger partial charge in [-0.05, 0) is 13.3 Å². The van der Waals surface area contributed by atoms with Gasteiger partial charge in [0.2, 0.25) is 0 Å². The SMILES string of the molecule is CCC(C)(C#N)NS(=O)(=O)NC(=O)OC. The highest BCUT2D eigenvalue weighted by Gasteiger charge is 2.28. The molecule has 0 saturated heterocycles. The minimum atomic E-state index is -4.07. The molecule has 0 fully saturated rings. The Morgan fingerprint density at radius 2 is 2.13 bits per heavy atom. The van der Waals surface area contributed by atoms with Crippen molar-refractivity contribution < 1.29 is 17.9 Å². The number of carbonyl (C=O) groups is 1. The normalized spacial score (nSPS) is 14.8. The lowest BCUT2D eigenvalue weighted by Crippen LogP contribution is -2.50. The summed E-state index contributed by atoms with van der Waals surface area (Å²) in [6.07, 6.45) is -0.843. The van der Waals surface area contributed by atoms with Gasteiger partial charge in [-0.25, -0.2) is 9.52 Å². The standard InChI is InChI=1S/C7H13N3O4S/c1-4-7(2,5-8)10-15(12,13)9-6(11)14-3/h10H,4H2,1-3H3,(H,9,11). The van der Waals surface area contributed by atoms with E-state index in [2.05, 4.69) is 4.74 Å². The van der Waals surface area contributed by atoms with E-state index in [0.29, 0.717) is 0 Å². The van der Waals surface area contributed by atoms with Gasteiger partial charge in [0.05, 0.1) is 13.2 Å². The highest BCUT2D eigenvalue weighted by Crippen LogP contribution is 2.08. The van der Waals surface area contributed by atoms with Crippen molar-refractivity contribution in [3.05, 3.63) is 0 Å². The van der Waals surface area contributed by atoms with Crippen molar-refractivity contribution >= 4 is 16.3 Å². The molecule has 86 valence electrons. The fourth-order valence-electron chi connectivity index (χ4n) is 0.647. The zero-order valence-electron chi connectivity index (χ0n) is 8.70. The molecule has 8 heteroatoms. The zero-order chi connectivity index (χ0) is 12.1. The minimum Gasteiger partial charge on any atom is -0.452 e. The number of hydrogen-bond acceptors (Lipinski definition) is 5. The van der Waals surface area contributed by atoms with Crippen LogP contribution in [-0.4, -0.2) is 27.2 Å². The second-order valence-electron chi connectivity index (χ2n) is 3.00. The summed E-state index contributed by atoms with van der Waals surface area (Å²) in [4.78, 5) is 10.7. The largest absolute Gasteiger partial charge is 0.452 e. The Morgan fingerprint density at radius 1 is 1.60 bits per heavy atom. The van der Waals surface area contributed by atoms with Gasteiger partial charge in [-0.1, -0.05) is 6.92 Å². The molecule has 0 bridgehead atoms. The zero-order valence-corrected chi connectivity index (χ0v) is 9.51. The highest BCUT2D eigenvalue weighted by molar-refractivity contribution is 7.88. The van der Waals surface area contributed by atoms with E-state index in [-0.39, 0.29) is 6.42 Å².